The number of piperidine rings is 1. The number of halogens is 1. The highest BCUT2D eigenvalue weighted by atomic mass is 35.5. The average Bonchev–Trinajstić information content (AvgIpc) is 3.10. The van der Waals surface area contributed by atoms with E-state index >= 15 is 0 Å². The second-order valence-corrected chi connectivity index (χ2v) is 8.89. The fourth-order valence-electron chi connectivity index (χ4n) is 3.39. The molecule has 3 rings (SSSR count). The Morgan fingerprint density at radius 2 is 2.00 bits per heavy atom. The molecule has 152 valence electrons. The van der Waals surface area contributed by atoms with E-state index in [1.807, 2.05) is 47.8 Å². The Morgan fingerprint density at radius 3 is 2.64 bits per heavy atom. The average molecular weight is 422 g/mol. The number of rotatable bonds is 6. The van der Waals surface area contributed by atoms with E-state index in [-0.39, 0.29) is 11.9 Å². The zero-order valence-corrected chi connectivity index (χ0v) is 18.5. The van der Waals surface area contributed by atoms with E-state index in [1.165, 1.54) is 18.2 Å². The Balaban J connectivity index is 1.84. The molecule has 1 fully saturated rings. The second-order valence-electron chi connectivity index (χ2n) is 7.51. The molecule has 2 atom stereocenters. The second kappa shape index (κ2) is 9.29. The molecule has 1 amide bonds. The van der Waals surface area contributed by atoms with Gasteiger partial charge in [0.1, 0.15) is 0 Å². The van der Waals surface area contributed by atoms with Gasteiger partial charge >= 0.3 is 0 Å². The lowest BCUT2D eigenvalue weighted by atomic mass is 10.0. The Bertz CT molecular complexity index is 807. The lowest BCUT2D eigenvalue weighted by Gasteiger charge is -2.33. The summed E-state index contributed by atoms with van der Waals surface area (Å²) in [4.78, 5) is 16.8. The van der Waals surface area contributed by atoms with Crippen molar-refractivity contribution in [1.82, 2.24) is 24.6 Å². The summed E-state index contributed by atoms with van der Waals surface area (Å²) >= 11 is 7.51. The van der Waals surface area contributed by atoms with Crippen molar-refractivity contribution in [2.24, 2.45) is 0 Å². The predicted octanol–water partition coefficient (Wildman–Crippen LogP) is 4.04. The van der Waals surface area contributed by atoms with Gasteiger partial charge < -0.3 is 4.90 Å². The van der Waals surface area contributed by atoms with Gasteiger partial charge in [-0.05, 0) is 71.5 Å². The largest absolute Gasteiger partial charge is 0.339 e. The van der Waals surface area contributed by atoms with E-state index in [0.29, 0.717) is 16.8 Å². The Morgan fingerprint density at radius 1 is 1.29 bits per heavy atom. The van der Waals surface area contributed by atoms with E-state index in [1.54, 1.807) is 0 Å². The summed E-state index contributed by atoms with van der Waals surface area (Å²) in [6, 6.07) is 8.02. The number of benzene rings is 1. The van der Waals surface area contributed by atoms with Crippen LogP contribution in [-0.2, 0) is 4.79 Å². The molecule has 1 aliphatic rings. The number of hydrogen-bond donors (Lipinski definition) is 0. The molecule has 1 aromatic heterocycles. The first-order valence-corrected chi connectivity index (χ1v) is 11.0. The maximum atomic E-state index is 12.7. The van der Waals surface area contributed by atoms with Gasteiger partial charge in [-0.15, -0.1) is 10.2 Å². The molecule has 8 heteroatoms. The third-order valence-electron chi connectivity index (χ3n) is 5.34. The van der Waals surface area contributed by atoms with Gasteiger partial charge in [0.2, 0.25) is 5.91 Å². The van der Waals surface area contributed by atoms with E-state index in [0.717, 1.165) is 36.1 Å². The standard InChI is InChI=1S/C20H28ClN5OS/c1-14-7-5-6-12-25(14)18(27)13-28-20-23-22-19(15(2)24(3)4)26(20)17-10-8-16(21)9-11-17/h8-11,14-15H,5-7,12-13H2,1-4H3/t14-,15-/m0/s1. The summed E-state index contributed by atoms with van der Waals surface area (Å²) in [6.45, 7) is 5.08. The fraction of sp³-hybridized carbons (Fsp3) is 0.550. The normalized spacial score (nSPS) is 18.5. The third kappa shape index (κ3) is 4.70. The van der Waals surface area contributed by atoms with Crippen molar-refractivity contribution in [3.8, 4) is 5.69 Å². The summed E-state index contributed by atoms with van der Waals surface area (Å²) in [7, 11) is 4.03. The summed E-state index contributed by atoms with van der Waals surface area (Å²) in [6.07, 6.45) is 3.38. The number of aromatic nitrogens is 3. The lowest BCUT2D eigenvalue weighted by Crippen LogP contribution is -2.43. The minimum atomic E-state index is 0.0790. The number of carbonyl (C=O) groups is 1. The van der Waals surface area contributed by atoms with Crippen molar-refractivity contribution in [2.75, 3.05) is 26.4 Å². The maximum Gasteiger partial charge on any atom is 0.233 e. The van der Waals surface area contributed by atoms with Crippen LogP contribution in [-0.4, -0.2) is 62.9 Å². The fourth-order valence-corrected chi connectivity index (χ4v) is 4.36. The van der Waals surface area contributed by atoms with E-state index < -0.39 is 0 Å². The van der Waals surface area contributed by atoms with E-state index in [4.69, 9.17) is 11.6 Å². The monoisotopic (exact) mass is 421 g/mol. The van der Waals surface area contributed by atoms with Gasteiger partial charge in [-0.3, -0.25) is 14.3 Å². The van der Waals surface area contributed by atoms with Crippen molar-refractivity contribution < 1.29 is 4.79 Å². The minimum absolute atomic E-state index is 0.0790. The van der Waals surface area contributed by atoms with Gasteiger partial charge in [-0.1, -0.05) is 23.4 Å². The lowest BCUT2D eigenvalue weighted by molar-refractivity contribution is -0.131. The van der Waals surface area contributed by atoms with Gasteiger partial charge in [0.05, 0.1) is 11.8 Å². The van der Waals surface area contributed by atoms with Crippen LogP contribution in [0.5, 0.6) is 0 Å². The van der Waals surface area contributed by atoms with Gasteiger partial charge in [-0.25, -0.2) is 0 Å². The van der Waals surface area contributed by atoms with Crippen molar-refractivity contribution in [1.29, 1.82) is 0 Å². The molecule has 0 radical (unpaired) electrons. The molecule has 0 N–H and O–H groups in total. The maximum absolute atomic E-state index is 12.7. The molecule has 28 heavy (non-hydrogen) atoms. The molecule has 0 unspecified atom stereocenters. The number of hydrogen-bond acceptors (Lipinski definition) is 5. The quantitative estimate of drug-likeness (QED) is 0.659. The Hall–Kier alpha value is -1.57. The smallest absolute Gasteiger partial charge is 0.233 e. The highest BCUT2D eigenvalue weighted by molar-refractivity contribution is 7.99. The predicted molar refractivity (Wildman–Crippen MR) is 114 cm³/mol. The van der Waals surface area contributed by atoms with Gasteiger partial charge in [-0.2, -0.15) is 0 Å². The molecule has 1 aliphatic heterocycles. The van der Waals surface area contributed by atoms with Crippen LogP contribution in [0.1, 0.15) is 45.0 Å². The first kappa shape index (κ1) is 21.1. The number of nitrogens with zero attached hydrogens (tertiary/aromatic N) is 5. The SMILES string of the molecule is C[C@@H](c1nnc(SCC(=O)N2CCCC[C@@H]2C)n1-c1ccc(Cl)cc1)N(C)C. The Labute approximate surface area is 176 Å². The molecule has 0 saturated carbocycles. The summed E-state index contributed by atoms with van der Waals surface area (Å²) < 4.78 is 2.03. The molecular weight excluding hydrogens is 394 g/mol. The van der Waals surface area contributed by atoms with Crippen LogP contribution in [0.3, 0.4) is 0 Å². The molecule has 6 nitrogen and oxygen atoms in total. The molecule has 0 spiro atoms. The van der Waals surface area contributed by atoms with Crippen molar-refractivity contribution in [3.63, 3.8) is 0 Å². The molecule has 2 heterocycles. The van der Waals surface area contributed by atoms with Crippen LogP contribution < -0.4 is 0 Å². The molecular formula is C20H28ClN5OS. The third-order valence-corrected chi connectivity index (χ3v) is 6.51. The van der Waals surface area contributed by atoms with Crippen LogP contribution in [0.25, 0.3) is 5.69 Å². The molecule has 1 saturated heterocycles. The van der Waals surface area contributed by atoms with Crippen LogP contribution in [0.2, 0.25) is 5.02 Å². The van der Waals surface area contributed by atoms with E-state index in [2.05, 4.69) is 28.9 Å². The van der Waals surface area contributed by atoms with Gasteiger partial charge in [0.15, 0.2) is 11.0 Å². The van der Waals surface area contributed by atoms with Crippen LogP contribution in [0, 0.1) is 0 Å². The van der Waals surface area contributed by atoms with Crippen molar-refractivity contribution in [2.45, 2.75) is 50.4 Å². The topological polar surface area (TPSA) is 54.3 Å². The molecule has 0 bridgehead atoms. The number of thioether (sulfide) groups is 1. The van der Waals surface area contributed by atoms with Crippen molar-refractivity contribution >= 4 is 29.3 Å². The highest BCUT2D eigenvalue weighted by Gasteiger charge is 2.25. The zero-order chi connectivity index (χ0) is 20.3. The van der Waals surface area contributed by atoms with Crippen LogP contribution >= 0.6 is 23.4 Å². The van der Waals surface area contributed by atoms with Crippen molar-refractivity contribution in [3.05, 3.63) is 35.1 Å². The molecule has 0 aliphatic carbocycles. The first-order chi connectivity index (χ1) is 13.4. The minimum Gasteiger partial charge on any atom is -0.339 e. The van der Waals surface area contributed by atoms with Crippen LogP contribution in [0.4, 0.5) is 0 Å². The molecule has 2 aromatic rings. The number of carbonyl (C=O) groups excluding carboxylic acids is 1. The molecule has 1 aromatic carbocycles. The summed E-state index contributed by atoms with van der Waals surface area (Å²) in [5, 5.41) is 10.2. The Kier molecular flexibility index (Phi) is 7.01. The number of amides is 1. The number of likely N-dealkylation sites (tertiary alicyclic amines) is 1. The van der Waals surface area contributed by atoms with Gasteiger partial charge in [0, 0.05) is 23.3 Å². The van der Waals surface area contributed by atoms with E-state index in [9.17, 15) is 4.79 Å². The summed E-state index contributed by atoms with van der Waals surface area (Å²) in [5.41, 5.74) is 0.944. The first-order valence-electron chi connectivity index (χ1n) is 9.68. The van der Waals surface area contributed by atoms with Gasteiger partial charge in [0.25, 0.3) is 0 Å². The summed E-state index contributed by atoms with van der Waals surface area (Å²) in [5.74, 6) is 1.38. The van der Waals surface area contributed by atoms with Crippen LogP contribution in [0.15, 0.2) is 29.4 Å². The highest BCUT2D eigenvalue weighted by Crippen LogP contribution is 2.28. The zero-order valence-electron chi connectivity index (χ0n) is 16.9.